The van der Waals surface area contributed by atoms with Crippen LogP contribution in [0.5, 0.6) is 0 Å². The fourth-order valence-electron chi connectivity index (χ4n) is 2.42. The van der Waals surface area contributed by atoms with Crippen molar-refractivity contribution < 1.29 is 37.5 Å². The maximum atomic E-state index is 12.6. The van der Waals surface area contributed by atoms with Crippen LogP contribution in [-0.2, 0) is 15.7 Å². The normalized spacial score (nSPS) is 12.0. The largest absolute Gasteiger partial charge is 0.449 e. The standard InChI is InChI=1S/C19H18F3N3O6/c1-11(17(27)24-13-4-2-12(3-5-13)19(20,21)22)31-18(28)15-10-14(25(29)30)6-7-16(15)23-8-9-26/h2-7,10-11,23,26H,8-9H2,1H3,(H,24,27). The van der Waals surface area contributed by atoms with Gasteiger partial charge in [0.1, 0.15) is 0 Å². The number of nitro groups is 1. The van der Waals surface area contributed by atoms with Crippen molar-refractivity contribution in [2.45, 2.75) is 19.2 Å². The van der Waals surface area contributed by atoms with Gasteiger partial charge in [-0.1, -0.05) is 0 Å². The number of aliphatic hydroxyl groups excluding tert-OH is 1. The highest BCUT2D eigenvalue weighted by atomic mass is 19.4. The van der Waals surface area contributed by atoms with Crippen molar-refractivity contribution in [1.29, 1.82) is 0 Å². The second kappa shape index (κ2) is 9.89. The number of aliphatic hydroxyl groups is 1. The first-order valence-electron chi connectivity index (χ1n) is 8.85. The monoisotopic (exact) mass is 441 g/mol. The molecule has 12 heteroatoms. The number of benzene rings is 2. The Hall–Kier alpha value is -3.67. The molecule has 0 aliphatic heterocycles. The summed E-state index contributed by atoms with van der Waals surface area (Å²) in [6.07, 6.45) is -5.88. The summed E-state index contributed by atoms with van der Waals surface area (Å²) >= 11 is 0. The van der Waals surface area contributed by atoms with Crippen LogP contribution in [0.2, 0.25) is 0 Å². The summed E-state index contributed by atoms with van der Waals surface area (Å²) < 4.78 is 42.8. The van der Waals surface area contributed by atoms with Crippen molar-refractivity contribution in [1.82, 2.24) is 0 Å². The number of esters is 1. The minimum Gasteiger partial charge on any atom is -0.449 e. The van der Waals surface area contributed by atoms with Crippen LogP contribution in [-0.4, -0.2) is 41.2 Å². The van der Waals surface area contributed by atoms with Crippen molar-refractivity contribution in [3.05, 3.63) is 63.7 Å². The average Bonchev–Trinajstić information content (AvgIpc) is 2.71. The second-order valence-electron chi connectivity index (χ2n) is 6.25. The van der Waals surface area contributed by atoms with Gasteiger partial charge in [0.25, 0.3) is 11.6 Å². The summed E-state index contributed by atoms with van der Waals surface area (Å²) in [4.78, 5) is 35.0. The molecule has 0 bridgehead atoms. The Balaban J connectivity index is 2.11. The van der Waals surface area contributed by atoms with Gasteiger partial charge in [0.15, 0.2) is 6.10 Å². The lowest BCUT2D eigenvalue weighted by molar-refractivity contribution is -0.384. The summed E-state index contributed by atoms with van der Waals surface area (Å²) in [7, 11) is 0. The Morgan fingerprint density at radius 2 is 1.84 bits per heavy atom. The second-order valence-corrected chi connectivity index (χ2v) is 6.25. The molecule has 1 unspecified atom stereocenters. The number of carbonyl (C=O) groups excluding carboxylic acids is 2. The summed E-state index contributed by atoms with van der Waals surface area (Å²) in [5, 5.41) is 24.9. The van der Waals surface area contributed by atoms with Gasteiger partial charge in [0.2, 0.25) is 0 Å². The number of hydrogen-bond acceptors (Lipinski definition) is 7. The number of non-ortho nitro benzene ring substituents is 1. The minimum atomic E-state index is -4.52. The van der Waals surface area contributed by atoms with Crippen LogP contribution in [0.25, 0.3) is 0 Å². The summed E-state index contributed by atoms with van der Waals surface area (Å²) in [6, 6.07) is 7.04. The van der Waals surface area contributed by atoms with Crippen LogP contribution in [0, 0.1) is 10.1 Å². The van der Waals surface area contributed by atoms with Gasteiger partial charge in [-0.2, -0.15) is 13.2 Å². The lowest BCUT2D eigenvalue weighted by atomic mass is 10.1. The molecule has 9 nitrogen and oxygen atoms in total. The Morgan fingerprint density at radius 3 is 2.39 bits per heavy atom. The molecule has 2 aromatic carbocycles. The molecule has 0 spiro atoms. The van der Waals surface area contributed by atoms with Gasteiger partial charge in [-0.3, -0.25) is 14.9 Å². The number of nitrogens with one attached hydrogen (secondary N) is 2. The molecule has 1 atom stereocenters. The van der Waals surface area contributed by atoms with Crippen molar-refractivity contribution in [2.75, 3.05) is 23.8 Å². The number of halogens is 3. The van der Waals surface area contributed by atoms with Gasteiger partial charge in [-0.25, -0.2) is 4.79 Å². The maximum absolute atomic E-state index is 12.6. The molecule has 1 amide bonds. The SMILES string of the molecule is CC(OC(=O)c1cc([N+](=O)[O-])ccc1NCCO)C(=O)Nc1ccc(C(F)(F)F)cc1. The molecular weight excluding hydrogens is 423 g/mol. The van der Waals surface area contributed by atoms with Crippen molar-refractivity contribution in [3.8, 4) is 0 Å². The van der Waals surface area contributed by atoms with E-state index < -0.39 is 34.6 Å². The summed E-state index contributed by atoms with van der Waals surface area (Å²) in [5.74, 6) is -1.86. The van der Waals surface area contributed by atoms with E-state index >= 15 is 0 Å². The first-order valence-corrected chi connectivity index (χ1v) is 8.85. The Kier molecular flexibility index (Phi) is 7.53. The van der Waals surface area contributed by atoms with E-state index in [2.05, 4.69) is 10.6 Å². The Bertz CT molecular complexity index is 963. The topological polar surface area (TPSA) is 131 Å². The van der Waals surface area contributed by atoms with Crippen LogP contribution < -0.4 is 10.6 Å². The van der Waals surface area contributed by atoms with Crippen molar-refractivity contribution in [2.24, 2.45) is 0 Å². The maximum Gasteiger partial charge on any atom is 0.416 e. The first kappa shape index (κ1) is 23.6. The molecule has 31 heavy (non-hydrogen) atoms. The molecule has 0 heterocycles. The number of carbonyl (C=O) groups is 2. The lowest BCUT2D eigenvalue weighted by Gasteiger charge is -2.16. The molecule has 3 N–H and O–H groups in total. The van der Waals surface area contributed by atoms with E-state index in [0.717, 1.165) is 36.4 Å². The zero-order valence-corrected chi connectivity index (χ0v) is 16.1. The molecule has 2 aromatic rings. The lowest BCUT2D eigenvalue weighted by Crippen LogP contribution is -2.30. The molecule has 0 saturated carbocycles. The fraction of sp³-hybridized carbons (Fsp3) is 0.263. The van der Waals surface area contributed by atoms with Gasteiger partial charge in [-0.05, 0) is 37.3 Å². The molecule has 0 saturated heterocycles. The van der Waals surface area contributed by atoms with Crippen LogP contribution in [0.15, 0.2) is 42.5 Å². The molecular formula is C19H18F3N3O6. The summed E-state index contributed by atoms with van der Waals surface area (Å²) in [5.41, 5.74) is -1.29. The van der Waals surface area contributed by atoms with Gasteiger partial charge in [-0.15, -0.1) is 0 Å². The van der Waals surface area contributed by atoms with E-state index in [1.165, 1.54) is 13.0 Å². The number of ether oxygens (including phenoxy) is 1. The molecule has 2 rings (SSSR count). The molecule has 0 aliphatic rings. The van der Waals surface area contributed by atoms with E-state index in [1.807, 2.05) is 0 Å². The Labute approximate surface area is 174 Å². The highest BCUT2D eigenvalue weighted by molar-refractivity contribution is 6.00. The number of rotatable bonds is 8. The third kappa shape index (κ3) is 6.40. The van der Waals surface area contributed by atoms with E-state index in [0.29, 0.717) is 0 Å². The summed E-state index contributed by atoms with van der Waals surface area (Å²) in [6.45, 7) is 1.02. The number of anilines is 2. The zero-order valence-electron chi connectivity index (χ0n) is 16.1. The molecule has 0 aliphatic carbocycles. The fourth-order valence-corrected chi connectivity index (χ4v) is 2.42. The highest BCUT2D eigenvalue weighted by Crippen LogP contribution is 2.30. The third-order valence-corrected chi connectivity index (χ3v) is 3.99. The van der Waals surface area contributed by atoms with Crippen LogP contribution >= 0.6 is 0 Å². The van der Waals surface area contributed by atoms with Crippen molar-refractivity contribution in [3.63, 3.8) is 0 Å². The predicted molar refractivity (Wildman–Crippen MR) is 104 cm³/mol. The van der Waals surface area contributed by atoms with Crippen LogP contribution in [0.3, 0.4) is 0 Å². The first-order chi connectivity index (χ1) is 14.5. The quantitative estimate of drug-likeness (QED) is 0.326. The van der Waals surface area contributed by atoms with Gasteiger partial charge < -0.3 is 20.5 Å². The van der Waals surface area contributed by atoms with E-state index in [4.69, 9.17) is 9.84 Å². The highest BCUT2D eigenvalue weighted by Gasteiger charge is 2.30. The minimum absolute atomic E-state index is 0.0570. The zero-order chi connectivity index (χ0) is 23.2. The molecule has 0 aromatic heterocycles. The van der Waals surface area contributed by atoms with Gasteiger partial charge in [0, 0.05) is 30.1 Å². The van der Waals surface area contributed by atoms with E-state index in [-0.39, 0.29) is 35.8 Å². The molecule has 0 radical (unpaired) electrons. The number of alkyl halides is 3. The predicted octanol–water partition coefficient (Wildman–Crippen LogP) is 3.20. The smallest absolute Gasteiger partial charge is 0.416 e. The van der Waals surface area contributed by atoms with Crippen LogP contribution in [0.1, 0.15) is 22.8 Å². The number of nitro benzene ring substituents is 1. The molecule has 166 valence electrons. The number of hydrogen-bond donors (Lipinski definition) is 3. The van der Waals surface area contributed by atoms with Crippen molar-refractivity contribution >= 4 is 28.9 Å². The average molecular weight is 441 g/mol. The van der Waals surface area contributed by atoms with Gasteiger partial charge in [0.05, 0.1) is 22.7 Å². The molecule has 0 fully saturated rings. The van der Waals surface area contributed by atoms with E-state index in [1.54, 1.807) is 0 Å². The number of amides is 1. The third-order valence-electron chi connectivity index (χ3n) is 3.99. The number of nitrogens with zero attached hydrogens (tertiary/aromatic N) is 1. The van der Waals surface area contributed by atoms with Crippen LogP contribution in [0.4, 0.5) is 30.2 Å². The van der Waals surface area contributed by atoms with Gasteiger partial charge >= 0.3 is 12.1 Å². The Morgan fingerprint density at radius 1 is 1.19 bits per heavy atom. The van der Waals surface area contributed by atoms with E-state index in [9.17, 15) is 32.9 Å².